The lowest BCUT2D eigenvalue weighted by molar-refractivity contribution is -0.115. The Morgan fingerprint density at radius 1 is 0.518 bits per heavy atom. The number of nitrogens with zero attached hydrogens (tertiary/aromatic N) is 6. The first kappa shape index (κ1) is 38.3. The summed E-state index contributed by atoms with van der Waals surface area (Å²) in [5.74, 6) is -0.176. The van der Waals surface area contributed by atoms with Crippen molar-refractivity contribution in [1.29, 1.82) is 0 Å². The Bertz CT molecular complexity index is 2830. The molecule has 0 atom stereocenters. The summed E-state index contributed by atoms with van der Waals surface area (Å²) >= 11 is 14.0. The van der Waals surface area contributed by atoms with Crippen LogP contribution >= 0.6 is 45.8 Å². The summed E-state index contributed by atoms with van der Waals surface area (Å²) in [7, 11) is 0. The Morgan fingerprint density at radius 2 is 0.982 bits per heavy atom. The number of hydrogen-bond donors (Lipinski definition) is 2. The molecule has 0 saturated heterocycles. The molecule has 0 fully saturated rings. The Labute approximate surface area is 345 Å². The SMILES string of the molecule is CC(=O)Nc1cccc(-c2cnc3ccc(-c4ccccc4)cn23)c1.CC(=O)Nc1cccc(-c2cnc3ccc(Cl)cn23)c1.Clc1ccc2ncc(I)n2c1. The third-order valence-corrected chi connectivity index (χ3v) is 9.71. The monoisotopic (exact) mass is 890 g/mol. The van der Waals surface area contributed by atoms with Crippen LogP contribution in [-0.2, 0) is 9.59 Å². The van der Waals surface area contributed by atoms with Gasteiger partial charge in [0.1, 0.15) is 20.6 Å². The molecular formula is C43H33Cl2IN8O2. The van der Waals surface area contributed by atoms with Crippen molar-refractivity contribution in [2.75, 3.05) is 10.6 Å². The van der Waals surface area contributed by atoms with E-state index >= 15 is 0 Å². The van der Waals surface area contributed by atoms with Crippen molar-refractivity contribution in [3.63, 3.8) is 0 Å². The van der Waals surface area contributed by atoms with E-state index in [0.717, 1.165) is 70.7 Å². The summed E-state index contributed by atoms with van der Waals surface area (Å²) in [5.41, 5.74) is 10.4. The van der Waals surface area contributed by atoms with Crippen LogP contribution in [0.15, 0.2) is 152 Å². The van der Waals surface area contributed by atoms with E-state index in [4.69, 9.17) is 23.2 Å². The molecule has 56 heavy (non-hydrogen) atoms. The van der Waals surface area contributed by atoms with E-state index in [1.807, 2.05) is 125 Å². The second-order valence-corrected chi connectivity index (χ2v) is 14.5. The number of anilines is 2. The molecule has 0 unspecified atom stereocenters. The summed E-state index contributed by atoms with van der Waals surface area (Å²) in [5, 5.41) is 6.97. The standard InChI is InChI=1S/C21H17N3O.C15H12ClN3O.C7H4ClIN2/c1-15(25)23-19-9-5-8-17(12-19)20-13-22-21-11-10-18(14-24(20)21)16-6-3-2-4-7-16;1-10(20)18-13-4-2-3-11(7-13)14-8-17-15-6-5-12(16)9-19(14)15;8-5-1-2-7-10-3-6(9)11(7)4-5/h2-14H,1H3,(H,23,25);2-9H,1H3,(H,18,20);1-4H. The molecule has 13 heteroatoms. The molecule has 10 nitrogen and oxygen atoms in total. The van der Waals surface area contributed by atoms with Gasteiger partial charge in [-0.1, -0.05) is 77.8 Å². The first-order valence-electron chi connectivity index (χ1n) is 17.3. The van der Waals surface area contributed by atoms with Gasteiger partial charge in [-0.3, -0.25) is 22.8 Å². The molecule has 0 radical (unpaired) electrons. The topological polar surface area (TPSA) is 110 Å². The Balaban J connectivity index is 0.000000138. The van der Waals surface area contributed by atoms with Gasteiger partial charge in [0.25, 0.3) is 0 Å². The molecule has 0 aliphatic heterocycles. The van der Waals surface area contributed by atoms with Gasteiger partial charge in [0, 0.05) is 54.9 Å². The molecule has 6 heterocycles. The molecule has 0 aliphatic rings. The minimum absolute atomic E-state index is 0.0818. The molecule has 0 spiro atoms. The number of nitrogens with one attached hydrogen (secondary N) is 2. The largest absolute Gasteiger partial charge is 0.326 e. The second-order valence-electron chi connectivity index (χ2n) is 12.6. The fourth-order valence-corrected chi connectivity index (χ4v) is 6.85. The van der Waals surface area contributed by atoms with Crippen LogP contribution in [0.5, 0.6) is 0 Å². The summed E-state index contributed by atoms with van der Waals surface area (Å²) < 4.78 is 7.02. The van der Waals surface area contributed by atoms with Crippen molar-refractivity contribution in [3.8, 4) is 33.6 Å². The van der Waals surface area contributed by atoms with Crippen LogP contribution in [-0.4, -0.2) is 40.0 Å². The van der Waals surface area contributed by atoms with Crippen LogP contribution < -0.4 is 10.6 Å². The van der Waals surface area contributed by atoms with Gasteiger partial charge in [0.05, 0.1) is 40.0 Å². The van der Waals surface area contributed by atoms with Crippen molar-refractivity contribution >= 4 is 85.9 Å². The van der Waals surface area contributed by atoms with E-state index in [-0.39, 0.29) is 11.8 Å². The van der Waals surface area contributed by atoms with Crippen LogP contribution in [0.1, 0.15) is 13.8 Å². The second kappa shape index (κ2) is 17.2. The van der Waals surface area contributed by atoms with Crippen LogP contribution in [0.2, 0.25) is 10.0 Å². The Kier molecular flexibility index (Phi) is 11.7. The number of benzene rings is 3. The molecular weight excluding hydrogens is 858 g/mol. The average Bonchev–Trinajstić information content (AvgIpc) is 3.92. The van der Waals surface area contributed by atoms with E-state index in [1.54, 1.807) is 12.3 Å². The van der Waals surface area contributed by atoms with Gasteiger partial charge < -0.3 is 10.6 Å². The van der Waals surface area contributed by atoms with Gasteiger partial charge in [-0.25, -0.2) is 15.0 Å². The molecule has 2 amide bonds. The molecule has 6 aromatic heterocycles. The highest BCUT2D eigenvalue weighted by molar-refractivity contribution is 14.1. The number of imidazole rings is 3. The lowest BCUT2D eigenvalue weighted by Gasteiger charge is -2.08. The summed E-state index contributed by atoms with van der Waals surface area (Å²) in [4.78, 5) is 35.4. The van der Waals surface area contributed by atoms with Crippen LogP contribution in [0.3, 0.4) is 0 Å². The number of pyridine rings is 3. The van der Waals surface area contributed by atoms with Crippen LogP contribution in [0.4, 0.5) is 11.4 Å². The normalized spacial score (nSPS) is 10.7. The van der Waals surface area contributed by atoms with Crippen LogP contribution in [0.25, 0.3) is 50.6 Å². The number of halogens is 3. The van der Waals surface area contributed by atoms with Gasteiger partial charge in [-0.15, -0.1) is 0 Å². The van der Waals surface area contributed by atoms with E-state index in [9.17, 15) is 9.59 Å². The lowest BCUT2D eigenvalue weighted by atomic mass is 10.1. The zero-order valence-electron chi connectivity index (χ0n) is 30.1. The average molecular weight is 892 g/mol. The molecule has 9 rings (SSSR count). The van der Waals surface area contributed by atoms with E-state index < -0.39 is 0 Å². The fourth-order valence-electron chi connectivity index (χ4n) is 6.01. The molecule has 0 bridgehead atoms. The number of carbonyl (C=O) groups is 2. The summed E-state index contributed by atoms with van der Waals surface area (Å²) in [6, 6.07) is 37.2. The van der Waals surface area contributed by atoms with Gasteiger partial charge in [-0.05, 0) is 94.4 Å². The Hall–Kier alpha value is -6.02. The quantitative estimate of drug-likeness (QED) is 0.167. The van der Waals surface area contributed by atoms with Crippen molar-refractivity contribution in [1.82, 2.24) is 28.2 Å². The Morgan fingerprint density at radius 3 is 1.54 bits per heavy atom. The maximum atomic E-state index is 11.3. The first-order valence-corrected chi connectivity index (χ1v) is 19.1. The fraction of sp³-hybridized carbons (Fsp3) is 0.0465. The molecule has 0 aliphatic carbocycles. The van der Waals surface area contributed by atoms with Crippen molar-refractivity contribution in [2.24, 2.45) is 0 Å². The molecule has 2 N–H and O–H groups in total. The number of fused-ring (bicyclic) bond motifs is 3. The van der Waals surface area contributed by atoms with Crippen LogP contribution in [0, 0.1) is 3.70 Å². The highest BCUT2D eigenvalue weighted by Crippen LogP contribution is 2.28. The highest BCUT2D eigenvalue weighted by atomic mass is 127. The van der Waals surface area contributed by atoms with Gasteiger partial charge in [0.15, 0.2) is 0 Å². The molecule has 0 saturated carbocycles. The first-order chi connectivity index (χ1) is 27.1. The highest BCUT2D eigenvalue weighted by Gasteiger charge is 2.10. The zero-order valence-corrected chi connectivity index (χ0v) is 33.7. The minimum atomic E-state index is -0.0941. The number of rotatable bonds is 5. The summed E-state index contributed by atoms with van der Waals surface area (Å²) in [6.45, 7) is 2.99. The van der Waals surface area contributed by atoms with Gasteiger partial charge in [0.2, 0.25) is 11.8 Å². The third kappa shape index (κ3) is 9.08. The maximum Gasteiger partial charge on any atom is 0.221 e. The zero-order chi connectivity index (χ0) is 39.2. The van der Waals surface area contributed by atoms with Crippen molar-refractivity contribution < 1.29 is 9.59 Å². The number of aromatic nitrogens is 6. The van der Waals surface area contributed by atoms with E-state index in [0.29, 0.717) is 5.02 Å². The van der Waals surface area contributed by atoms with Crippen molar-refractivity contribution in [2.45, 2.75) is 13.8 Å². The molecule has 9 aromatic rings. The summed E-state index contributed by atoms with van der Waals surface area (Å²) in [6.07, 6.45) is 11.2. The number of hydrogen-bond acceptors (Lipinski definition) is 5. The third-order valence-electron chi connectivity index (χ3n) is 8.46. The predicted molar refractivity (Wildman–Crippen MR) is 233 cm³/mol. The van der Waals surface area contributed by atoms with E-state index in [2.05, 4.69) is 77.0 Å². The molecule has 278 valence electrons. The van der Waals surface area contributed by atoms with Crippen molar-refractivity contribution in [3.05, 3.63) is 166 Å². The number of amides is 2. The lowest BCUT2D eigenvalue weighted by Crippen LogP contribution is -2.05. The number of carbonyl (C=O) groups excluding carboxylic acids is 2. The predicted octanol–water partition coefficient (Wildman–Crippen LogP) is 10.8. The molecule has 3 aromatic carbocycles. The maximum absolute atomic E-state index is 11.3. The minimum Gasteiger partial charge on any atom is -0.326 e. The van der Waals surface area contributed by atoms with E-state index in [1.165, 1.54) is 13.8 Å². The smallest absolute Gasteiger partial charge is 0.221 e. The van der Waals surface area contributed by atoms with Gasteiger partial charge in [-0.2, -0.15) is 0 Å². The van der Waals surface area contributed by atoms with Gasteiger partial charge >= 0.3 is 0 Å².